The van der Waals surface area contributed by atoms with Gasteiger partial charge in [0.1, 0.15) is 22.3 Å². The SMILES string of the molecule is c1ccc(C2NC(c3ccc4sc5c(-c6cccc7c6oc6ccccc67)cccc5c4c3)NC(c3cccc4oc5ccccc5c34)N2)cc1. The third-order valence-electron chi connectivity index (χ3n) is 10.4. The van der Waals surface area contributed by atoms with Crippen molar-refractivity contribution < 1.29 is 8.83 Å². The Morgan fingerprint density at radius 2 is 1.08 bits per heavy atom. The predicted octanol–water partition coefficient (Wildman–Crippen LogP) is 11.7. The Labute approximate surface area is 297 Å². The van der Waals surface area contributed by atoms with Crippen LogP contribution in [0, 0.1) is 0 Å². The number of rotatable bonds is 4. The fourth-order valence-corrected chi connectivity index (χ4v) is 9.27. The Balaban J connectivity index is 1.04. The summed E-state index contributed by atoms with van der Waals surface area (Å²) in [7, 11) is 0. The van der Waals surface area contributed by atoms with E-state index in [0.29, 0.717) is 0 Å². The average molecular weight is 678 g/mol. The maximum atomic E-state index is 6.47. The molecule has 11 rings (SSSR count). The van der Waals surface area contributed by atoms with Gasteiger partial charge in [0.05, 0.1) is 18.5 Å². The fraction of sp³-hybridized carbons (Fsp3) is 0.0667. The molecule has 3 aromatic heterocycles. The summed E-state index contributed by atoms with van der Waals surface area (Å²) in [5, 5.41) is 18.8. The van der Waals surface area contributed by atoms with Crippen molar-refractivity contribution in [3.8, 4) is 11.1 Å². The van der Waals surface area contributed by atoms with Gasteiger partial charge >= 0.3 is 0 Å². The van der Waals surface area contributed by atoms with Gasteiger partial charge in [-0.3, -0.25) is 16.0 Å². The number of fused-ring (bicyclic) bond motifs is 9. The first kappa shape index (κ1) is 29.0. The van der Waals surface area contributed by atoms with Crippen molar-refractivity contribution in [3.05, 3.63) is 168 Å². The number of hydrogen-bond acceptors (Lipinski definition) is 6. The molecule has 3 unspecified atom stereocenters. The standard InChI is InChI=1S/C45H31N3O2S/c1-2-11-26(12-3-1)43-46-44(48-45(47-43)34-19-10-22-38-40(34)33-14-5-7-21-37(33)49-38)27-23-24-39-35(25-27)32-18-9-17-31(42(32)51-39)30-16-8-15-29-28-13-4-6-20-36(28)50-41(29)30/h1-25,43-48H. The van der Waals surface area contributed by atoms with Crippen LogP contribution in [0.4, 0.5) is 0 Å². The Morgan fingerprint density at radius 1 is 0.431 bits per heavy atom. The quantitative estimate of drug-likeness (QED) is 0.173. The summed E-state index contributed by atoms with van der Waals surface area (Å²) in [4.78, 5) is 0. The number of thiophene rings is 1. The lowest BCUT2D eigenvalue weighted by molar-refractivity contribution is 0.204. The molecule has 3 N–H and O–H groups in total. The summed E-state index contributed by atoms with van der Waals surface area (Å²) in [6.45, 7) is 0. The Hall–Kier alpha value is -5.76. The largest absolute Gasteiger partial charge is 0.456 e. The molecule has 1 saturated heterocycles. The zero-order valence-electron chi connectivity index (χ0n) is 27.4. The Bertz CT molecular complexity index is 2940. The first-order valence-electron chi connectivity index (χ1n) is 17.4. The molecule has 7 aromatic carbocycles. The second-order valence-corrected chi connectivity index (χ2v) is 14.4. The van der Waals surface area contributed by atoms with Gasteiger partial charge in [-0.2, -0.15) is 0 Å². The van der Waals surface area contributed by atoms with Crippen LogP contribution in [0.3, 0.4) is 0 Å². The lowest BCUT2D eigenvalue weighted by atomic mass is 9.98. The summed E-state index contributed by atoms with van der Waals surface area (Å²) in [6.07, 6.45) is -0.347. The van der Waals surface area contributed by atoms with E-state index in [9.17, 15) is 0 Å². The van der Waals surface area contributed by atoms with Gasteiger partial charge in [-0.15, -0.1) is 11.3 Å². The summed E-state index contributed by atoms with van der Waals surface area (Å²) in [6, 6.07) is 53.6. The van der Waals surface area contributed by atoms with E-state index in [0.717, 1.165) is 55.0 Å². The van der Waals surface area contributed by atoms with Crippen LogP contribution in [0.25, 0.3) is 75.2 Å². The second-order valence-electron chi connectivity index (χ2n) is 13.3. The molecule has 3 atom stereocenters. The summed E-state index contributed by atoms with van der Waals surface area (Å²) >= 11 is 1.85. The van der Waals surface area contributed by atoms with Crippen LogP contribution in [-0.4, -0.2) is 0 Å². The minimum atomic E-state index is -0.142. The molecule has 51 heavy (non-hydrogen) atoms. The van der Waals surface area contributed by atoms with Crippen molar-refractivity contribution in [1.29, 1.82) is 0 Å². The van der Waals surface area contributed by atoms with Crippen molar-refractivity contribution in [2.75, 3.05) is 0 Å². The lowest BCUT2D eigenvalue weighted by Gasteiger charge is -2.40. The van der Waals surface area contributed by atoms with E-state index in [4.69, 9.17) is 8.83 Å². The monoisotopic (exact) mass is 677 g/mol. The smallest absolute Gasteiger partial charge is 0.143 e. The summed E-state index contributed by atoms with van der Waals surface area (Å²) in [5.41, 5.74) is 9.49. The summed E-state index contributed by atoms with van der Waals surface area (Å²) < 4.78 is 15.3. The van der Waals surface area contributed by atoms with E-state index in [1.807, 2.05) is 35.6 Å². The van der Waals surface area contributed by atoms with Gasteiger partial charge in [0.15, 0.2) is 0 Å². The minimum Gasteiger partial charge on any atom is -0.456 e. The molecule has 0 amide bonds. The molecular formula is C45H31N3O2S. The zero-order chi connectivity index (χ0) is 33.5. The molecule has 0 radical (unpaired) electrons. The van der Waals surface area contributed by atoms with Gasteiger partial charge < -0.3 is 8.83 Å². The Kier molecular flexibility index (Phi) is 6.48. The maximum absolute atomic E-state index is 6.47. The van der Waals surface area contributed by atoms with E-state index >= 15 is 0 Å². The number of para-hydroxylation sites is 3. The highest BCUT2D eigenvalue weighted by Gasteiger charge is 2.31. The third-order valence-corrected chi connectivity index (χ3v) is 11.6. The fourth-order valence-electron chi connectivity index (χ4n) is 8.06. The first-order chi connectivity index (χ1) is 25.3. The average Bonchev–Trinajstić information content (AvgIpc) is 3.89. The number of benzene rings is 7. The van der Waals surface area contributed by atoms with E-state index in [2.05, 4.69) is 143 Å². The van der Waals surface area contributed by atoms with E-state index in [1.54, 1.807) is 0 Å². The van der Waals surface area contributed by atoms with Crippen LogP contribution in [0.15, 0.2) is 160 Å². The summed E-state index contributed by atoms with van der Waals surface area (Å²) in [5.74, 6) is 0. The minimum absolute atomic E-state index is 0.0818. The second kappa shape index (κ2) is 11.4. The molecule has 1 fully saturated rings. The molecule has 1 aliphatic rings. The molecule has 6 heteroatoms. The molecule has 10 aromatic rings. The molecule has 0 bridgehead atoms. The van der Waals surface area contributed by atoms with Crippen LogP contribution in [0.5, 0.6) is 0 Å². The normalized spacial score (nSPS) is 18.2. The first-order valence-corrected chi connectivity index (χ1v) is 18.2. The number of nitrogens with one attached hydrogen (secondary N) is 3. The topological polar surface area (TPSA) is 62.4 Å². The van der Waals surface area contributed by atoms with Crippen molar-refractivity contribution in [2.45, 2.75) is 18.5 Å². The van der Waals surface area contributed by atoms with Crippen molar-refractivity contribution in [2.24, 2.45) is 0 Å². The van der Waals surface area contributed by atoms with E-state index in [-0.39, 0.29) is 18.5 Å². The third kappa shape index (κ3) is 4.58. The van der Waals surface area contributed by atoms with Crippen molar-refractivity contribution in [3.63, 3.8) is 0 Å². The van der Waals surface area contributed by atoms with E-state index < -0.39 is 0 Å². The molecule has 1 aliphatic heterocycles. The van der Waals surface area contributed by atoms with Crippen LogP contribution in [-0.2, 0) is 0 Å². The van der Waals surface area contributed by atoms with Crippen LogP contribution in [0.1, 0.15) is 35.2 Å². The van der Waals surface area contributed by atoms with Gasteiger partial charge in [0.2, 0.25) is 0 Å². The van der Waals surface area contributed by atoms with Crippen LogP contribution >= 0.6 is 11.3 Å². The molecule has 244 valence electrons. The predicted molar refractivity (Wildman–Crippen MR) is 210 cm³/mol. The maximum Gasteiger partial charge on any atom is 0.143 e. The van der Waals surface area contributed by atoms with Crippen LogP contribution < -0.4 is 16.0 Å². The van der Waals surface area contributed by atoms with Gasteiger partial charge in [-0.1, -0.05) is 121 Å². The zero-order valence-corrected chi connectivity index (χ0v) is 28.2. The molecule has 5 nitrogen and oxygen atoms in total. The molecule has 0 aliphatic carbocycles. The number of furan rings is 2. The molecular weight excluding hydrogens is 647 g/mol. The molecule has 0 saturated carbocycles. The van der Waals surface area contributed by atoms with Gasteiger partial charge in [-0.25, -0.2) is 0 Å². The van der Waals surface area contributed by atoms with Crippen molar-refractivity contribution in [1.82, 2.24) is 16.0 Å². The number of hydrogen-bond donors (Lipinski definition) is 3. The van der Waals surface area contributed by atoms with Crippen molar-refractivity contribution >= 4 is 75.4 Å². The van der Waals surface area contributed by atoms with Gasteiger partial charge in [-0.05, 0) is 47.0 Å². The highest BCUT2D eigenvalue weighted by Crippen LogP contribution is 2.44. The lowest BCUT2D eigenvalue weighted by Crippen LogP contribution is -2.54. The Morgan fingerprint density at radius 3 is 1.94 bits per heavy atom. The van der Waals surface area contributed by atoms with E-state index in [1.165, 1.54) is 36.9 Å². The highest BCUT2D eigenvalue weighted by molar-refractivity contribution is 7.26. The van der Waals surface area contributed by atoms with Crippen LogP contribution in [0.2, 0.25) is 0 Å². The highest BCUT2D eigenvalue weighted by atomic mass is 32.1. The van der Waals surface area contributed by atoms with Gasteiger partial charge in [0.25, 0.3) is 0 Å². The molecule has 4 heterocycles. The van der Waals surface area contributed by atoms with Gasteiger partial charge in [0, 0.05) is 52.8 Å². The molecule has 0 spiro atoms.